The summed E-state index contributed by atoms with van der Waals surface area (Å²) in [6.45, 7) is 2.69. The standard InChI is InChI=1S/C10H17NO4/c1-2-11(7-10(13)14)9(12)6-8-4-3-5-15-8/h8H,2-7H2,1H3,(H,13,14). The second-order valence-corrected chi connectivity index (χ2v) is 3.64. The van der Waals surface area contributed by atoms with Crippen LogP contribution in [0.5, 0.6) is 0 Å². The van der Waals surface area contributed by atoms with Crippen molar-refractivity contribution in [1.82, 2.24) is 4.90 Å². The molecule has 1 aliphatic rings. The molecule has 0 bridgehead atoms. The number of carbonyl (C=O) groups excluding carboxylic acids is 1. The van der Waals surface area contributed by atoms with Crippen LogP contribution in [0, 0.1) is 0 Å². The van der Waals surface area contributed by atoms with Crippen LogP contribution in [0.2, 0.25) is 0 Å². The van der Waals surface area contributed by atoms with E-state index in [2.05, 4.69) is 0 Å². The molecule has 1 atom stereocenters. The molecule has 0 spiro atoms. The van der Waals surface area contributed by atoms with Gasteiger partial charge < -0.3 is 14.7 Å². The van der Waals surface area contributed by atoms with Gasteiger partial charge in [-0.3, -0.25) is 9.59 Å². The van der Waals surface area contributed by atoms with Crippen molar-refractivity contribution in [2.75, 3.05) is 19.7 Å². The summed E-state index contributed by atoms with van der Waals surface area (Å²) in [7, 11) is 0. The molecular formula is C10H17NO4. The van der Waals surface area contributed by atoms with Gasteiger partial charge in [-0.15, -0.1) is 0 Å². The van der Waals surface area contributed by atoms with Crippen LogP contribution in [0.15, 0.2) is 0 Å². The van der Waals surface area contributed by atoms with Crippen LogP contribution in [-0.4, -0.2) is 47.7 Å². The van der Waals surface area contributed by atoms with Gasteiger partial charge in [0.05, 0.1) is 12.5 Å². The molecule has 1 rings (SSSR count). The Morgan fingerprint density at radius 3 is 2.73 bits per heavy atom. The highest BCUT2D eigenvalue weighted by atomic mass is 16.5. The van der Waals surface area contributed by atoms with Crippen molar-refractivity contribution < 1.29 is 19.4 Å². The summed E-state index contributed by atoms with van der Waals surface area (Å²) in [5, 5.41) is 8.60. The van der Waals surface area contributed by atoms with Gasteiger partial charge in [0.25, 0.3) is 0 Å². The highest BCUT2D eigenvalue weighted by molar-refractivity contribution is 5.81. The van der Waals surface area contributed by atoms with Crippen molar-refractivity contribution in [3.05, 3.63) is 0 Å². The molecule has 86 valence electrons. The molecule has 15 heavy (non-hydrogen) atoms. The fourth-order valence-corrected chi connectivity index (χ4v) is 1.67. The highest BCUT2D eigenvalue weighted by Crippen LogP contribution is 2.16. The number of carboxylic acids is 1. The molecule has 1 unspecified atom stereocenters. The first-order chi connectivity index (χ1) is 7.13. The minimum absolute atomic E-state index is 0.0136. The average Bonchev–Trinajstić information content (AvgIpc) is 2.66. The number of carbonyl (C=O) groups is 2. The molecule has 0 saturated carbocycles. The number of amides is 1. The van der Waals surface area contributed by atoms with Crippen molar-refractivity contribution in [2.45, 2.75) is 32.3 Å². The van der Waals surface area contributed by atoms with E-state index in [-0.39, 0.29) is 18.6 Å². The average molecular weight is 215 g/mol. The molecule has 0 radical (unpaired) electrons. The highest BCUT2D eigenvalue weighted by Gasteiger charge is 2.22. The summed E-state index contributed by atoms with van der Waals surface area (Å²) in [5.41, 5.74) is 0. The van der Waals surface area contributed by atoms with Gasteiger partial charge in [0.2, 0.25) is 5.91 Å². The number of hydrogen-bond acceptors (Lipinski definition) is 3. The minimum atomic E-state index is -0.974. The van der Waals surface area contributed by atoms with Crippen LogP contribution in [0.4, 0.5) is 0 Å². The Morgan fingerprint density at radius 1 is 1.53 bits per heavy atom. The van der Waals surface area contributed by atoms with Crippen molar-refractivity contribution in [3.63, 3.8) is 0 Å². The Labute approximate surface area is 89.0 Å². The Kier molecular flexibility index (Phi) is 4.55. The summed E-state index contributed by atoms with van der Waals surface area (Å²) >= 11 is 0. The maximum absolute atomic E-state index is 11.6. The fourth-order valence-electron chi connectivity index (χ4n) is 1.67. The maximum atomic E-state index is 11.6. The number of likely N-dealkylation sites (N-methyl/N-ethyl adjacent to an activating group) is 1. The monoisotopic (exact) mass is 215 g/mol. The van der Waals surface area contributed by atoms with Crippen molar-refractivity contribution >= 4 is 11.9 Å². The van der Waals surface area contributed by atoms with Gasteiger partial charge in [0.1, 0.15) is 6.54 Å². The first-order valence-corrected chi connectivity index (χ1v) is 5.24. The Bertz CT molecular complexity index is 236. The van der Waals surface area contributed by atoms with Gasteiger partial charge in [-0.1, -0.05) is 0 Å². The molecule has 1 N–H and O–H groups in total. The van der Waals surface area contributed by atoms with Crippen LogP contribution < -0.4 is 0 Å². The molecule has 0 aromatic carbocycles. The first kappa shape index (κ1) is 12.0. The van der Waals surface area contributed by atoms with E-state index in [1.54, 1.807) is 6.92 Å². The number of rotatable bonds is 5. The zero-order valence-electron chi connectivity index (χ0n) is 8.94. The SMILES string of the molecule is CCN(CC(=O)O)C(=O)CC1CCCO1. The Morgan fingerprint density at radius 2 is 2.27 bits per heavy atom. The Balaban J connectivity index is 2.38. The van der Waals surface area contributed by atoms with Crippen LogP contribution in [0.3, 0.4) is 0 Å². The largest absolute Gasteiger partial charge is 0.480 e. The zero-order valence-corrected chi connectivity index (χ0v) is 8.94. The van der Waals surface area contributed by atoms with Gasteiger partial charge >= 0.3 is 5.97 Å². The molecule has 1 amide bonds. The van der Waals surface area contributed by atoms with E-state index < -0.39 is 5.97 Å². The predicted molar refractivity (Wildman–Crippen MR) is 53.5 cm³/mol. The predicted octanol–water partition coefficient (Wildman–Crippen LogP) is 0.489. The molecule has 0 aliphatic carbocycles. The van der Waals surface area contributed by atoms with Gasteiger partial charge in [-0.25, -0.2) is 0 Å². The van der Waals surface area contributed by atoms with Gasteiger partial charge in [-0.05, 0) is 19.8 Å². The second kappa shape index (κ2) is 5.70. The lowest BCUT2D eigenvalue weighted by Gasteiger charge is -2.20. The summed E-state index contributed by atoms with van der Waals surface area (Å²) in [6.07, 6.45) is 2.18. The lowest BCUT2D eigenvalue weighted by molar-refractivity contribution is -0.145. The summed E-state index contributed by atoms with van der Waals surface area (Å²) in [4.78, 5) is 23.5. The van der Waals surface area contributed by atoms with Crippen LogP contribution in [0.25, 0.3) is 0 Å². The maximum Gasteiger partial charge on any atom is 0.323 e. The van der Waals surface area contributed by atoms with Crippen LogP contribution in [0.1, 0.15) is 26.2 Å². The van der Waals surface area contributed by atoms with Crippen molar-refractivity contribution in [2.24, 2.45) is 0 Å². The Hall–Kier alpha value is -1.10. The van der Waals surface area contributed by atoms with Crippen molar-refractivity contribution in [1.29, 1.82) is 0 Å². The van der Waals surface area contributed by atoms with Gasteiger partial charge in [-0.2, -0.15) is 0 Å². The van der Waals surface area contributed by atoms with E-state index in [0.717, 1.165) is 12.8 Å². The van der Waals surface area contributed by atoms with E-state index in [0.29, 0.717) is 19.6 Å². The van der Waals surface area contributed by atoms with Gasteiger partial charge in [0, 0.05) is 13.2 Å². The van der Waals surface area contributed by atoms with E-state index in [1.165, 1.54) is 4.90 Å². The fraction of sp³-hybridized carbons (Fsp3) is 0.800. The molecule has 1 heterocycles. The summed E-state index contributed by atoms with van der Waals surface area (Å²) in [5.74, 6) is -1.11. The molecule has 5 heteroatoms. The molecule has 5 nitrogen and oxygen atoms in total. The lowest BCUT2D eigenvalue weighted by Crippen LogP contribution is -2.37. The number of hydrogen-bond donors (Lipinski definition) is 1. The van der Waals surface area contributed by atoms with E-state index in [9.17, 15) is 9.59 Å². The van der Waals surface area contributed by atoms with E-state index in [4.69, 9.17) is 9.84 Å². The molecule has 0 aromatic heterocycles. The van der Waals surface area contributed by atoms with Crippen molar-refractivity contribution in [3.8, 4) is 0 Å². The van der Waals surface area contributed by atoms with Crippen LogP contribution >= 0.6 is 0 Å². The molecular weight excluding hydrogens is 198 g/mol. The normalized spacial score (nSPS) is 20.2. The smallest absolute Gasteiger partial charge is 0.323 e. The summed E-state index contributed by atoms with van der Waals surface area (Å²) in [6, 6.07) is 0. The number of ether oxygens (including phenoxy) is 1. The van der Waals surface area contributed by atoms with Gasteiger partial charge in [0.15, 0.2) is 0 Å². The topological polar surface area (TPSA) is 66.8 Å². The number of nitrogens with zero attached hydrogens (tertiary/aromatic N) is 1. The number of carboxylic acid groups (broad SMARTS) is 1. The summed E-state index contributed by atoms with van der Waals surface area (Å²) < 4.78 is 5.33. The molecule has 1 fully saturated rings. The van der Waals surface area contributed by atoms with E-state index in [1.807, 2.05) is 0 Å². The van der Waals surface area contributed by atoms with E-state index >= 15 is 0 Å². The third kappa shape index (κ3) is 3.87. The molecule has 1 saturated heterocycles. The lowest BCUT2D eigenvalue weighted by atomic mass is 10.1. The number of aliphatic carboxylic acids is 1. The quantitative estimate of drug-likeness (QED) is 0.724. The molecule has 0 aromatic rings. The second-order valence-electron chi connectivity index (χ2n) is 3.64. The first-order valence-electron chi connectivity index (χ1n) is 5.24. The third-order valence-corrected chi connectivity index (χ3v) is 2.49. The third-order valence-electron chi connectivity index (χ3n) is 2.49. The van der Waals surface area contributed by atoms with Crippen LogP contribution in [-0.2, 0) is 14.3 Å². The minimum Gasteiger partial charge on any atom is -0.480 e. The molecule has 1 aliphatic heterocycles. The zero-order chi connectivity index (χ0) is 11.3.